The number of nitrogens with zero attached hydrogens (tertiary/aromatic N) is 1. The summed E-state index contributed by atoms with van der Waals surface area (Å²) in [5.74, 6) is 5.74. The zero-order valence-electron chi connectivity index (χ0n) is 18.3. The Morgan fingerprint density at radius 2 is 1.83 bits per heavy atom. The first-order chi connectivity index (χ1) is 16.1. The summed E-state index contributed by atoms with van der Waals surface area (Å²) in [6.07, 6.45) is -0.188. The van der Waals surface area contributed by atoms with E-state index in [1.54, 1.807) is 0 Å². The number of aromatic nitrogens is 2. The van der Waals surface area contributed by atoms with Crippen molar-refractivity contribution in [3.05, 3.63) is 32.6 Å². The number of phosphoric ester groups is 1. The van der Waals surface area contributed by atoms with E-state index in [2.05, 4.69) is 30.0 Å². The molecule has 1 saturated heterocycles. The van der Waals surface area contributed by atoms with Crippen molar-refractivity contribution >= 4 is 23.5 Å². The molecule has 0 aromatic carbocycles. The minimum Gasteiger partial charge on any atom is -0.390 e. The minimum absolute atomic E-state index is 0.0596. The molecule has 0 aliphatic carbocycles. The quantitative estimate of drug-likeness (QED) is 0.120. The van der Waals surface area contributed by atoms with Gasteiger partial charge in [0.2, 0.25) is 0 Å². The van der Waals surface area contributed by atoms with Crippen LogP contribution in [-0.4, -0.2) is 53.0 Å². The monoisotopic (exact) mass is 562 g/mol. The molecule has 6 N–H and O–H groups in total. The van der Waals surface area contributed by atoms with Crippen molar-refractivity contribution in [1.29, 1.82) is 0 Å². The van der Waals surface area contributed by atoms with Crippen molar-refractivity contribution in [3.8, 4) is 11.8 Å². The lowest BCUT2D eigenvalue weighted by Crippen LogP contribution is -2.34. The van der Waals surface area contributed by atoms with Gasteiger partial charge in [-0.3, -0.25) is 18.9 Å². The van der Waals surface area contributed by atoms with Gasteiger partial charge in [-0.05, 0) is 6.42 Å². The van der Waals surface area contributed by atoms with Crippen LogP contribution in [0.25, 0.3) is 0 Å². The van der Waals surface area contributed by atoms with Crippen molar-refractivity contribution in [1.82, 2.24) is 9.55 Å². The van der Waals surface area contributed by atoms with Crippen molar-refractivity contribution in [2.75, 3.05) is 6.61 Å². The predicted molar refractivity (Wildman–Crippen MR) is 117 cm³/mol. The predicted octanol–water partition coefficient (Wildman–Crippen LogP) is 0.264. The summed E-state index contributed by atoms with van der Waals surface area (Å²) < 4.78 is 51.9. The SMILES string of the molecule is CCCCC#CCc1cn(C2CC(O)[C@@H](COP(=O)(O)OP(=O)(O)OP(=O)(O)O)O2)c(=O)[nH]c1=O. The van der Waals surface area contributed by atoms with Gasteiger partial charge in [0, 0.05) is 31.0 Å². The molecule has 0 amide bonds. The van der Waals surface area contributed by atoms with Gasteiger partial charge in [0.15, 0.2) is 0 Å². The van der Waals surface area contributed by atoms with Gasteiger partial charge in [-0.1, -0.05) is 19.3 Å². The molecule has 1 aromatic heterocycles. The number of unbranched alkanes of at least 4 members (excludes halogenated alkanes) is 2. The maximum Gasteiger partial charge on any atom is 0.490 e. The number of aliphatic hydroxyl groups is 1. The Morgan fingerprint density at radius 3 is 2.46 bits per heavy atom. The fourth-order valence-electron chi connectivity index (χ4n) is 2.89. The Hall–Kier alpha value is -1.43. The molecule has 5 atom stereocenters. The van der Waals surface area contributed by atoms with E-state index in [9.17, 15) is 33.3 Å². The third-order valence-electron chi connectivity index (χ3n) is 4.43. The van der Waals surface area contributed by atoms with Gasteiger partial charge in [0.25, 0.3) is 5.56 Å². The molecule has 0 radical (unpaired) electrons. The van der Waals surface area contributed by atoms with E-state index in [-0.39, 0.29) is 18.4 Å². The van der Waals surface area contributed by atoms with Crippen LogP contribution in [0, 0.1) is 11.8 Å². The number of aliphatic hydroxyl groups excluding tert-OH is 1. The van der Waals surface area contributed by atoms with Crippen molar-refractivity contribution in [2.24, 2.45) is 0 Å². The van der Waals surface area contributed by atoms with Crippen LogP contribution < -0.4 is 11.2 Å². The summed E-state index contributed by atoms with van der Waals surface area (Å²) >= 11 is 0. The molecule has 19 heteroatoms. The molecular formula is C16H25N2O14P3. The number of rotatable bonds is 11. The summed E-state index contributed by atoms with van der Waals surface area (Å²) in [5.41, 5.74) is -1.31. The molecule has 198 valence electrons. The fraction of sp³-hybridized carbons (Fsp3) is 0.625. The molecular weight excluding hydrogens is 537 g/mol. The molecule has 0 bridgehead atoms. The van der Waals surface area contributed by atoms with E-state index in [0.717, 1.165) is 17.4 Å². The first-order valence-electron chi connectivity index (χ1n) is 10.0. The Bertz CT molecular complexity index is 1210. The van der Waals surface area contributed by atoms with Crippen molar-refractivity contribution < 1.29 is 56.3 Å². The van der Waals surface area contributed by atoms with Crippen LogP contribution in [0.5, 0.6) is 0 Å². The average molecular weight is 562 g/mol. The molecule has 16 nitrogen and oxygen atoms in total. The average Bonchev–Trinajstić information content (AvgIpc) is 3.05. The van der Waals surface area contributed by atoms with E-state index < -0.39 is 59.8 Å². The highest BCUT2D eigenvalue weighted by Crippen LogP contribution is 2.66. The maximum atomic E-state index is 12.2. The number of H-pyrrole nitrogens is 1. The molecule has 1 aromatic rings. The first kappa shape index (κ1) is 29.8. The normalized spacial score (nSPS) is 23.8. The first-order valence-corrected chi connectivity index (χ1v) is 14.6. The van der Waals surface area contributed by atoms with Gasteiger partial charge in [-0.15, -0.1) is 5.92 Å². The van der Waals surface area contributed by atoms with Gasteiger partial charge in [-0.2, -0.15) is 8.62 Å². The molecule has 4 unspecified atom stereocenters. The van der Waals surface area contributed by atoms with Gasteiger partial charge in [0.05, 0.1) is 12.7 Å². The highest BCUT2D eigenvalue weighted by molar-refractivity contribution is 7.66. The topological polar surface area (TPSA) is 244 Å². The summed E-state index contributed by atoms with van der Waals surface area (Å²) in [4.78, 5) is 62.1. The molecule has 35 heavy (non-hydrogen) atoms. The number of nitrogens with one attached hydrogen (secondary N) is 1. The largest absolute Gasteiger partial charge is 0.490 e. The third-order valence-corrected chi connectivity index (χ3v) is 8.24. The highest BCUT2D eigenvalue weighted by atomic mass is 31.3. The second-order valence-corrected chi connectivity index (χ2v) is 11.7. The van der Waals surface area contributed by atoms with Crippen LogP contribution in [0.15, 0.2) is 15.8 Å². The molecule has 0 spiro atoms. The van der Waals surface area contributed by atoms with Gasteiger partial charge in [-0.25, -0.2) is 18.5 Å². The Balaban J connectivity index is 2.06. The van der Waals surface area contributed by atoms with Crippen LogP contribution in [0.4, 0.5) is 0 Å². The molecule has 1 aliphatic rings. The number of hydrogen-bond acceptors (Lipinski definition) is 10. The lowest BCUT2D eigenvalue weighted by Gasteiger charge is -2.19. The van der Waals surface area contributed by atoms with Crippen molar-refractivity contribution in [2.45, 2.75) is 57.5 Å². The van der Waals surface area contributed by atoms with E-state index in [0.29, 0.717) is 6.42 Å². The van der Waals surface area contributed by atoms with Crippen LogP contribution >= 0.6 is 23.5 Å². The summed E-state index contributed by atoms with van der Waals surface area (Å²) in [6.45, 7) is 1.12. The Kier molecular flexibility index (Phi) is 10.4. The lowest BCUT2D eigenvalue weighted by atomic mass is 10.2. The zero-order valence-corrected chi connectivity index (χ0v) is 20.9. The zero-order chi connectivity index (χ0) is 26.4. The van der Waals surface area contributed by atoms with Crippen LogP contribution in [0.3, 0.4) is 0 Å². The van der Waals surface area contributed by atoms with Crippen LogP contribution in [0.2, 0.25) is 0 Å². The number of ether oxygens (including phenoxy) is 1. The van der Waals surface area contributed by atoms with E-state index in [1.807, 2.05) is 6.92 Å². The fourth-order valence-corrected chi connectivity index (χ4v) is 5.91. The number of aromatic amines is 1. The number of phosphoric acid groups is 3. The van der Waals surface area contributed by atoms with Gasteiger partial charge in [0.1, 0.15) is 12.3 Å². The Morgan fingerprint density at radius 1 is 1.14 bits per heavy atom. The molecule has 2 heterocycles. The molecule has 2 rings (SSSR count). The molecule has 1 fully saturated rings. The van der Waals surface area contributed by atoms with E-state index in [4.69, 9.17) is 19.4 Å². The van der Waals surface area contributed by atoms with E-state index in [1.165, 1.54) is 6.20 Å². The van der Waals surface area contributed by atoms with Crippen molar-refractivity contribution in [3.63, 3.8) is 0 Å². The Labute approximate surface area is 198 Å². The second kappa shape index (κ2) is 12.2. The standard InChI is InChI=1S/C16H25N2O14P3/c1-2-3-4-5-6-7-11-9-18(16(21)17-15(11)20)14-8-12(19)13(30-14)10-29-34(25,26)32-35(27,28)31-33(22,23)24/h9,12-14,19H,2-4,7-8,10H2,1H3,(H,25,26)(H,27,28)(H,17,20,21)(H2,22,23,24)/t12?,13-,14?/m1/s1. The maximum absolute atomic E-state index is 12.2. The van der Waals surface area contributed by atoms with E-state index >= 15 is 0 Å². The third kappa shape index (κ3) is 9.86. The second-order valence-electron chi connectivity index (χ2n) is 7.27. The summed E-state index contributed by atoms with van der Waals surface area (Å²) in [6, 6.07) is 0. The summed E-state index contributed by atoms with van der Waals surface area (Å²) in [5, 5.41) is 10.2. The molecule has 0 saturated carbocycles. The molecule has 1 aliphatic heterocycles. The van der Waals surface area contributed by atoms with Crippen LogP contribution in [0.1, 0.15) is 44.4 Å². The number of hydrogen-bond donors (Lipinski definition) is 6. The lowest BCUT2D eigenvalue weighted by molar-refractivity contribution is -0.0450. The van der Waals surface area contributed by atoms with Crippen LogP contribution in [-0.2, 0) is 38.0 Å². The summed E-state index contributed by atoms with van der Waals surface area (Å²) in [7, 11) is -16.7. The van der Waals surface area contributed by atoms with Gasteiger partial charge >= 0.3 is 29.2 Å². The van der Waals surface area contributed by atoms with Gasteiger partial charge < -0.3 is 29.4 Å². The minimum atomic E-state index is -5.70. The smallest absolute Gasteiger partial charge is 0.390 e. The highest BCUT2D eigenvalue weighted by Gasteiger charge is 2.43.